The number of phenols is 1. The van der Waals surface area contributed by atoms with Crippen molar-refractivity contribution in [2.24, 2.45) is 5.73 Å². The van der Waals surface area contributed by atoms with E-state index in [1.807, 2.05) is 12.1 Å². The van der Waals surface area contributed by atoms with Crippen molar-refractivity contribution >= 4 is 17.7 Å². The number of phenolic OH excluding ortho intramolecular Hbond substituents is 1. The Kier molecular flexibility index (Phi) is 5.14. The van der Waals surface area contributed by atoms with Crippen molar-refractivity contribution in [3.63, 3.8) is 0 Å². The van der Waals surface area contributed by atoms with E-state index in [1.165, 1.54) is 0 Å². The highest BCUT2D eigenvalue weighted by atomic mass is 32.2. The normalized spacial score (nSPS) is 12.3. The van der Waals surface area contributed by atoms with Crippen LogP contribution in [0.3, 0.4) is 0 Å². The molecule has 1 aromatic carbocycles. The first-order valence-electron chi connectivity index (χ1n) is 4.93. The summed E-state index contributed by atoms with van der Waals surface area (Å²) in [6.07, 6.45) is 0.470. The minimum atomic E-state index is -0.953. The fourth-order valence-electron chi connectivity index (χ4n) is 1.12. The molecule has 0 aliphatic carbocycles. The Morgan fingerprint density at radius 2 is 2.00 bits per heavy atom. The van der Waals surface area contributed by atoms with E-state index < -0.39 is 12.0 Å². The van der Waals surface area contributed by atoms with Crippen LogP contribution >= 0.6 is 11.8 Å². The minimum Gasteiger partial charge on any atom is -0.508 e. The van der Waals surface area contributed by atoms with Gasteiger partial charge < -0.3 is 15.9 Å². The number of carboxylic acid groups (broad SMARTS) is 1. The topological polar surface area (TPSA) is 83.5 Å². The SMILES string of the molecule is NC(CCSCc1ccc(O)cc1)C(=O)O. The van der Waals surface area contributed by atoms with E-state index in [2.05, 4.69) is 0 Å². The van der Waals surface area contributed by atoms with Gasteiger partial charge in [-0.05, 0) is 29.9 Å². The Labute approximate surface area is 98.5 Å². The number of carboxylic acids is 1. The predicted octanol–water partition coefficient (Wildman–Crippen LogP) is 1.43. The zero-order valence-electron chi connectivity index (χ0n) is 8.80. The summed E-state index contributed by atoms with van der Waals surface area (Å²) in [6, 6.07) is 6.20. The van der Waals surface area contributed by atoms with Gasteiger partial charge in [0.2, 0.25) is 0 Å². The van der Waals surface area contributed by atoms with Gasteiger partial charge in [-0.3, -0.25) is 4.79 Å². The monoisotopic (exact) mass is 241 g/mol. The van der Waals surface area contributed by atoms with E-state index in [4.69, 9.17) is 15.9 Å². The average molecular weight is 241 g/mol. The average Bonchev–Trinajstić information content (AvgIpc) is 2.26. The second-order valence-corrected chi connectivity index (χ2v) is 4.56. The first kappa shape index (κ1) is 12.9. The molecule has 1 aromatic rings. The molecule has 4 nitrogen and oxygen atoms in total. The van der Waals surface area contributed by atoms with E-state index in [0.717, 1.165) is 11.3 Å². The second kappa shape index (κ2) is 6.40. The molecule has 0 amide bonds. The van der Waals surface area contributed by atoms with Crippen molar-refractivity contribution < 1.29 is 15.0 Å². The van der Waals surface area contributed by atoms with Gasteiger partial charge in [0.25, 0.3) is 0 Å². The van der Waals surface area contributed by atoms with E-state index in [1.54, 1.807) is 23.9 Å². The van der Waals surface area contributed by atoms with Crippen LogP contribution in [0.1, 0.15) is 12.0 Å². The van der Waals surface area contributed by atoms with Crippen molar-refractivity contribution in [3.05, 3.63) is 29.8 Å². The zero-order valence-corrected chi connectivity index (χ0v) is 9.61. The van der Waals surface area contributed by atoms with Gasteiger partial charge in [-0.2, -0.15) is 11.8 Å². The fraction of sp³-hybridized carbons (Fsp3) is 0.364. The molecule has 1 rings (SSSR count). The second-order valence-electron chi connectivity index (χ2n) is 3.45. The minimum absolute atomic E-state index is 0.252. The van der Waals surface area contributed by atoms with Crippen molar-refractivity contribution in [2.75, 3.05) is 5.75 Å². The Morgan fingerprint density at radius 3 is 2.56 bits per heavy atom. The number of nitrogens with two attached hydrogens (primary N) is 1. The summed E-state index contributed by atoms with van der Waals surface area (Å²) in [7, 11) is 0. The third-order valence-electron chi connectivity index (χ3n) is 2.10. The third-order valence-corrected chi connectivity index (χ3v) is 3.16. The molecule has 1 atom stereocenters. The molecule has 5 heteroatoms. The Morgan fingerprint density at radius 1 is 1.38 bits per heavy atom. The standard InChI is InChI=1S/C11H15NO3S/c12-10(11(14)15)5-6-16-7-8-1-3-9(13)4-2-8/h1-4,10,13H,5-7,12H2,(H,14,15). The van der Waals surface area contributed by atoms with Gasteiger partial charge in [-0.1, -0.05) is 12.1 Å². The summed E-state index contributed by atoms with van der Waals surface area (Å²) in [4.78, 5) is 10.4. The lowest BCUT2D eigenvalue weighted by atomic mass is 10.2. The molecule has 0 aromatic heterocycles. The van der Waals surface area contributed by atoms with E-state index >= 15 is 0 Å². The first-order chi connectivity index (χ1) is 7.59. The van der Waals surface area contributed by atoms with Gasteiger partial charge in [-0.25, -0.2) is 0 Å². The molecule has 16 heavy (non-hydrogen) atoms. The maximum absolute atomic E-state index is 10.4. The molecule has 88 valence electrons. The van der Waals surface area contributed by atoms with Crippen LogP contribution in [0.2, 0.25) is 0 Å². The summed E-state index contributed by atoms with van der Waals surface area (Å²) in [5, 5.41) is 17.6. The Hall–Kier alpha value is -1.20. The summed E-state index contributed by atoms with van der Waals surface area (Å²) < 4.78 is 0. The van der Waals surface area contributed by atoms with E-state index in [0.29, 0.717) is 12.2 Å². The highest BCUT2D eigenvalue weighted by Gasteiger charge is 2.10. The van der Waals surface area contributed by atoms with Crippen LogP contribution in [0.15, 0.2) is 24.3 Å². The highest BCUT2D eigenvalue weighted by molar-refractivity contribution is 7.98. The summed E-state index contributed by atoms with van der Waals surface area (Å²) in [5.74, 6) is 0.813. The number of carbonyl (C=O) groups is 1. The molecule has 0 aliphatic rings. The molecular weight excluding hydrogens is 226 g/mol. The van der Waals surface area contributed by atoms with E-state index in [9.17, 15) is 4.79 Å². The lowest BCUT2D eigenvalue weighted by Gasteiger charge is -2.05. The first-order valence-corrected chi connectivity index (χ1v) is 6.09. The van der Waals surface area contributed by atoms with Crippen LogP contribution in [-0.4, -0.2) is 28.0 Å². The molecule has 0 saturated carbocycles. The number of rotatable bonds is 6. The smallest absolute Gasteiger partial charge is 0.320 e. The van der Waals surface area contributed by atoms with Crippen molar-refractivity contribution in [2.45, 2.75) is 18.2 Å². The van der Waals surface area contributed by atoms with Crippen LogP contribution in [-0.2, 0) is 10.5 Å². The molecular formula is C11H15NO3S. The van der Waals surface area contributed by atoms with Crippen LogP contribution in [0.25, 0.3) is 0 Å². The molecule has 0 saturated heterocycles. The van der Waals surface area contributed by atoms with Gasteiger partial charge in [0, 0.05) is 5.75 Å². The molecule has 0 bridgehead atoms. The maximum Gasteiger partial charge on any atom is 0.320 e. The molecule has 0 fully saturated rings. The Balaban J connectivity index is 2.21. The fourth-order valence-corrected chi connectivity index (χ4v) is 2.11. The summed E-state index contributed by atoms with van der Waals surface area (Å²) >= 11 is 1.63. The molecule has 0 heterocycles. The van der Waals surface area contributed by atoms with Crippen molar-refractivity contribution in [3.8, 4) is 5.75 Å². The highest BCUT2D eigenvalue weighted by Crippen LogP contribution is 2.16. The summed E-state index contributed by atoms with van der Waals surface area (Å²) in [5.41, 5.74) is 6.47. The van der Waals surface area contributed by atoms with Crippen LogP contribution in [0.4, 0.5) is 0 Å². The van der Waals surface area contributed by atoms with Crippen molar-refractivity contribution in [1.29, 1.82) is 0 Å². The zero-order chi connectivity index (χ0) is 12.0. The van der Waals surface area contributed by atoms with Crippen LogP contribution in [0, 0.1) is 0 Å². The predicted molar refractivity (Wildman–Crippen MR) is 64.5 cm³/mol. The lowest BCUT2D eigenvalue weighted by molar-refractivity contribution is -0.138. The maximum atomic E-state index is 10.4. The molecule has 0 aliphatic heterocycles. The number of aliphatic carboxylic acids is 1. The number of aromatic hydroxyl groups is 1. The lowest BCUT2D eigenvalue weighted by Crippen LogP contribution is -2.30. The number of hydrogen-bond donors (Lipinski definition) is 3. The van der Waals surface area contributed by atoms with Gasteiger partial charge in [-0.15, -0.1) is 0 Å². The van der Waals surface area contributed by atoms with Gasteiger partial charge >= 0.3 is 5.97 Å². The van der Waals surface area contributed by atoms with Gasteiger partial charge in [0.1, 0.15) is 11.8 Å². The van der Waals surface area contributed by atoms with Crippen molar-refractivity contribution in [1.82, 2.24) is 0 Å². The molecule has 0 radical (unpaired) electrons. The summed E-state index contributed by atoms with van der Waals surface area (Å²) in [6.45, 7) is 0. The number of benzene rings is 1. The largest absolute Gasteiger partial charge is 0.508 e. The molecule has 0 spiro atoms. The number of hydrogen-bond acceptors (Lipinski definition) is 4. The Bertz CT molecular complexity index is 340. The van der Waals surface area contributed by atoms with Gasteiger partial charge in [0.05, 0.1) is 0 Å². The number of thioether (sulfide) groups is 1. The molecule has 4 N–H and O–H groups in total. The van der Waals surface area contributed by atoms with Gasteiger partial charge in [0.15, 0.2) is 0 Å². The van der Waals surface area contributed by atoms with Crippen LogP contribution < -0.4 is 5.73 Å². The van der Waals surface area contributed by atoms with E-state index in [-0.39, 0.29) is 5.75 Å². The third kappa shape index (κ3) is 4.55. The molecule has 1 unspecified atom stereocenters. The van der Waals surface area contributed by atoms with Crippen LogP contribution in [0.5, 0.6) is 5.75 Å². The quantitative estimate of drug-likeness (QED) is 0.656.